The van der Waals surface area contributed by atoms with Crippen LogP contribution in [0.4, 0.5) is 5.69 Å². The molecule has 0 unspecified atom stereocenters. The van der Waals surface area contributed by atoms with Gasteiger partial charge < -0.3 is 15.2 Å². The number of rotatable bonds is 6. The predicted molar refractivity (Wildman–Crippen MR) is 84.0 cm³/mol. The van der Waals surface area contributed by atoms with Crippen LogP contribution in [-0.2, 0) is 6.54 Å². The van der Waals surface area contributed by atoms with Gasteiger partial charge in [-0.05, 0) is 13.0 Å². The van der Waals surface area contributed by atoms with Gasteiger partial charge in [0.05, 0.1) is 23.9 Å². The highest BCUT2D eigenvalue weighted by Crippen LogP contribution is 2.32. The third-order valence-electron chi connectivity index (χ3n) is 2.58. The maximum atomic E-state index is 11.2. The van der Waals surface area contributed by atoms with Crippen LogP contribution in [-0.4, -0.2) is 22.7 Å². The number of carbonyl (C=O) groups is 1. The van der Waals surface area contributed by atoms with Crippen LogP contribution in [0, 0.1) is 0 Å². The third kappa shape index (κ3) is 4.00. The molecule has 2 N–H and O–H groups in total. The molecule has 0 atom stereocenters. The Bertz CT molecular complexity index is 661. The summed E-state index contributed by atoms with van der Waals surface area (Å²) in [6.07, 6.45) is 1.67. The Morgan fingerprint density at radius 1 is 1.48 bits per heavy atom. The Morgan fingerprint density at radius 2 is 2.24 bits per heavy atom. The van der Waals surface area contributed by atoms with Crippen molar-refractivity contribution in [1.29, 1.82) is 0 Å². The summed E-state index contributed by atoms with van der Waals surface area (Å²) in [5.41, 5.74) is 0.628. The van der Waals surface area contributed by atoms with Crippen LogP contribution in [0.5, 0.6) is 5.75 Å². The number of hydrogen-bond acceptors (Lipinski definition) is 5. The molecule has 0 saturated heterocycles. The normalized spacial score (nSPS) is 10.4. The van der Waals surface area contributed by atoms with Crippen molar-refractivity contribution >= 4 is 46.2 Å². The zero-order valence-corrected chi connectivity index (χ0v) is 13.3. The second kappa shape index (κ2) is 6.98. The molecule has 1 aromatic carbocycles. The summed E-state index contributed by atoms with van der Waals surface area (Å²) in [6, 6.07) is 2.95. The summed E-state index contributed by atoms with van der Waals surface area (Å²) in [7, 11) is 0. The Balaban J connectivity index is 2.22. The molecule has 0 radical (unpaired) electrons. The Morgan fingerprint density at radius 3 is 2.81 bits per heavy atom. The van der Waals surface area contributed by atoms with Crippen molar-refractivity contribution in [2.75, 3.05) is 11.9 Å². The van der Waals surface area contributed by atoms with Gasteiger partial charge in [-0.2, -0.15) is 0 Å². The first-order valence-corrected chi connectivity index (χ1v) is 7.62. The average molecular weight is 347 g/mol. The number of benzene rings is 1. The van der Waals surface area contributed by atoms with E-state index in [1.165, 1.54) is 17.4 Å². The van der Waals surface area contributed by atoms with Crippen molar-refractivity contribution in [3.05, 3.63) is 38.3 Å². The van der Waals surface area contributed by atoms with Crippen LogP contribution in [0.1, 0.15) is 22.2 Å². The number of ether oxygens (including phenoxy) is 1. The molecule has 112 valence electrons. The molecule has 0 aliphatic heterocycles. The van der Waals surface area contributed by atoms with Gasteiger partial charge in [0.15, 0.2) is 4.47 Å². The van der Waals surface area contributed by atoms with Gasteiger partial charge in [-0.3, -0.25) is 0 Å². The standard InChI is InChI=1S/C13H12Cl2N2O3S/c1-2-20-11-4-10(9(14)3-8(11)12(18)19)16-5-7-6-17-13(15)21-7/h3-4,6,16H,2,5H2,1H3,(H,18,19). The summed E-state index contributed by atoms with van der Waals surface area (Å²) >= 11 is 13.2. The van der Waals surface area contributed by atoms with Gasteiger partial charge in [0.1, 0.15) is 11.3 Å². The van der Waals surface area contributed by atoms with E-state index in [1.807, 2.05) is 0 Å². The number of anilines is 1. The maximum Gasteiger partial charge on any atom is 0.339 e. The summed E-state index contributed by atoms with van der Waals surface area (Å²) in [5.74, 6) is -0.805. The molecule has 2 rings (SSSR count). The predicted octanol–water partition coefficient (Wildman–Crippen LogP) is 4.16. The monoisotopic (exact) mass is 346 g/mol. The lowest BCUT2D eigenvalue weighted by atomic mass is 10.1. The number of thiazole rings is 1. The van der Waals surface area contributed by atoms with E-state index in [1.54, 1.807) is 19.2 Å². The maximum absolute atomic E-state index is 11.2. The molecule has 5 nitrogen and oxygen atoms in total. The zero-order valence-electron chi connectivity index (χ0n) is 11.0. The van der Waals surface area contributed by atoms with Crippen molar-refractivity contribution < 1.29 is 14.6 Å². The molecular weight excluding hydrogens is 335 g/mol. The summed E-state index contributed by atoms with van der Waals surface area (Å²) < 4.78 is 5.81. The Hall–Kier alpha value is -1.50. The van der Waals surface area contributed by atoms with E-state index < -0.39 is 5.97 Å². The van der Waals surface area contributed by atoms with Gasteiger partial charge in [-0.15, -0.1) is 11.3 Å². The van der Waals surface area contributed by atoms with E-state index in [-0.39, 0.29) is 11.3 Å². The molecule has 0 spiro atoms. The molecule has 0 aliphatic carbocycles. The van der Waals surface area contributed by atoms with Gasteiger partial charge in [0.25, 0.3) is 0 Å². The number of aromatic nitrogens is 1. The van der Waals surface area contributed by atoms with Crippen molar-refractivity contribution in [1.82, 2.24) is 4.98 Å². The number of aromatic carboxylic acids is 1. The fourth-order valence-corrected chi connectivity index (χ4v) is 2.83. The molecule has 0 fully saturated rings. The number of nitrogens with zero attached hydrogens (tertiary/aromatic N) is 1. The van der Waals surface area contributed by atoms with Crippen LogP contribution in [0.2, 0.25) is 9.49 Å². The lowest BCUT2D eigenvalue weighted by molar-refractivity contribution is 0.0692. The lowest BCUT2D eigenvalue weighted by Gasteiger charge is -2.12. The molecule has 1 aromatic heterocycles. The van der Waals surface area contributed by atoms with Gasteiger partial charge in [0.2, 0.25) is 0 Å². The molecule has 8 heteroatoms. The van der Waals surface area contributed by atoms with E-state index in [0.29, 0.717) is 28.3 Å². The molecule has 2 aromatic rings. The van der Waals surface area contributed by atoms with E-state index in [0.717, 1.165) is 4.88 Å². The fourth-order valence-electron chi connectivity index (χ4n) is 1.68. The minimum atomic E-state index is -1.08. The van der Waals surface area contributed by atoms with Crippen LogP contribution in [0.25, 0.3) is 0 Å². The van der Waals surface area contributed by atoms with E-state index in [9.17, 15) is 4.79 Å². The van der Waals surface area contributed by atoms with Gasteiger partial charge in [0, 0.05) is 17.1 Å². The summed E-state index contributed by atoms with van der Waals surface area (Å²) in [5, 5.41) is 12.6. The van der Waals surface area contributed by atoms with E-state index in [4.69, 9.17) is 33.0 Å². The highest BCUT2D eigenvalue weighted by Gasteiger charge is 2.15. The molecule has 21 heavy (non-hydrogen) atoms. The van der Waals surface area contributed by atoms with Crippen molar-refractivity contribution in [2.45, 2.75) is 13.5 Å². The number of carboxylic acids is 1. The van der Waals surface area contributed by atoms with Crippen molar-refractivity contribution in [3.63, 3.8) is 0 Å². The van der Waals surface area contributed by atoms with Crippen LogP contribution in [0.15, 0.2) is 18.3 Å². The smallest absolute Gasteiger partial charge is 0.339 e. The number of hydrogen-bond donors (Lipinski definition) is 2. The van der Waals surface area contributed by atoms with Crippen LogP contribution >= 0.6 is 34.5 Å². The van der Waals surface area contributed by atoms with Crippen molar-refractivity contribution in [2.24, 2.45) is 0 Å². The first-order valence-electron chi connectivity index (χ1n) is 6.05. The highest BCUT2D eigenvalue weighted by molar-refractivity contribution is 7.15. The van der Waals surface area contributed by atoms with Crippen LogP contribution in [0.3, 0.4) is 0 Å². The minimum absolute atomic E-state index is 0.0354. The van der Waals surface area contributed by atoms with Crippen molar-refractivity contribution in [3.8, 4) is 5.75 Å². The van der Waals surface area contributed by atoms with Gasteiger partial charge in [-0.1, -0.05) is 23.2 Å². The SMILES string of the molecule is CCOc1cc(NCc2cnc(Cl)s2)c(Cl)cc1C(=O)O. The average Bonchev–Trinajstić information content (AvgIpc) is 2.84. The molecule has 0 aliphatic rings. The second-order valence-electron chi connectivity index (χ2n) is 4.00. The largest absolute Gasteiger partial charge is 0.493 e. The van der Waals surface area contributed by atoms with E-state index in [2.05, 4.69) is 10.3 Å². The number of halogens is 2. The number of carboxylic acid groups (broad SMARTS) is 1. The molecule has 0 amide bonds. The Labute approximate surface area is 135 Å². The van der Waals surface area contributed by atoms with E-state index >= 15 is 0 Å². The fraction of sp³-hybridized carbons (Fsp3) is 0.231. The summed E-state index contributed by atoms with van der Waals surface area (Å²) in [6.45, 7) is 2.64. The summed E-state index contributed by atoms with van der Waals surface area (Å²) in [4.78, 5) is 16.0. The molecular formula is C13H12Cl2N2O3S. The molecule has 0 saturated carbocycles. The van der Waals surface area contributed by atoms with Crippen LogP contribution < -0.4 is 10.1 Å². The zero-order chi connectivity index (χ0) is 15.4. The molecule has 1 heterocycles. The molecule has 0 bridgehead atoms. The van der Waals surface area contributed by atoms with Gasteiger partial charge in [-0.25, -0.2) is 9.78 Å². The second-order valence-corrected chi connectivity index (χ2v) is 6.10. The quantitative estimate of drug-likeness (QED) is 0.821. The number of nitrogens with one attached hydrogen (secondary N) is 1. The third-order valence-corrected chi connectivity index (χ3v) is 4.01. The lowest BCUT2D eigenvalue weighted by Crippen LogP contribution is -2.05. The highest BCUT2D eigenvalue weighted by atomic mass is 35.5. The topological polar surface area (TPSA) is 71.5 Å². The first-order chi connectivity index (χ1) is 10.0. The minimum Gasteiger partial charge on any atom is -0.493 e. The Kier molecular flexibility index (Phi) is 5.27. The van der Waals surface area contributed by atoms with Gasteiger partial charge >= 0.3 is 5.97 Å². The first kappa shape index (κ1) is 15.9.